The zero-order valence-electron chi connectivity index (χ0n) is 11.2. The van der Waals surface area contributed by atoms with E-state index in [4.69, 9.17) is 5.73 Å². The smallest absolute Gasteiger partial charge is 0.127 e. The molecule has 2 rings (SSSR count). The maximum atomic E-state index is 13.8. The third-order valence-electron chi connectivity index (χ3n) is 3.78. The fourth-order valence-corrected chi connectivity index (χ4v) is 2.38. The number of piperazine rings is 1. The molecule has 4 heteroatoms. The van der Waals surface area contributed by atoms with Crippen LogP contribution in [0.25, 0.3) is 0 Å². The standard InChI is InChI=1S/C14H22FN3/c1-11-9-18(6-5-17(11)2)10-13-7-12(8-16)3-4-14(13)15/h3-4,7,11H,5-6,8-10,16H2,1-2H3. The van der Waals surface area contributed by atoms with Crippen LogP contribution in [0.3, 0.4) is 0 Å². The highest BCUT2D eigenvalue weighted by Crippen LogP contribution is 2.15. The van der Waals surface area contributed by atoms with Crippen LogP contribution < -0.4 is 5.73 Å². The van der Waals surface area contributed by atoms with Gasteiger partial charge in [-0.05, 0) is 25.6 Å². The van der Waals surface area contributed by atoms with Crippen molar-refractivity contribution in [1.29, 1.82) is 0 Å². The maximum Gasteiger partial charge on any atom is 0.127 e. The third kappa shape index (κ3) is 3.07. The summed E-state index contributed by atoms with van der Waals surface area (Å²) in [5.74, 6) is -0.126. The van der Waals surface area contributed by atoms with E-state index in [9.17, 15) is 4.39 Å². The summed E-state index contributed by atoms with van der Waals surface area (Å²) in [6.07, 6.45) is 0. The predicted molar refractivity (Wildman–Crippen MR) is 71.7 cm³/mol. The Morgan fingerprint density at radius 2 is 2.17 bits per heavy atom. The number of likely N-dealkylation sites (N-methyl/N-ethyl adjacent to an activating group) is 1. The highest BCUT2D eigenvalue weighted by atomic mass is 19.1. The van der Waals surface area contributed by atoms with Crippen LogP contribution >= 0.6 is 0 Å². The molecule has 1 fully saturated rings. The Hall–Kier alpha value is -0.970. The number of halogens is 1. The minimum Gasteiger partial charge on any atom is -0.326 e. The van der Waals surface area contributed by atoms with E-state index >= 15 is 0 Å². The number of nitrogens with zero attached hydrogens (tertiary/aromatic N) is 2. The van der Waals surface area contributed by atoms with Gasteiger partial charge in [-0.2, -0.15) is 0 Å². The quantitative estimate of drug-likeness (QED) is 0.882. The lowest BCUT2D eigenvalue weighted by molar-refractivity contribution is 0.0991. The van der Waals surface area contributed by atoms with E-state index in [1.165, 1.54) is 6.07 Å². The first-order chi connectivity index (χ1) is 8.60. The third-order valence-corrected chi connectivity index (χ3v) is 3.78. The van der Waals surface area contributed by atoms with Crippen LogP contribution in [0.4, 0.5) is 4.39 Å². The molecule has 100 valence electrons. The molecule has 0 bridgehead atoms. The van der Waals surface area contributed by atoms with Gasteiger partial charge in [0.25, 0.3) is 0 Å². The van der Waals surface area contributed by atoms with Crippen molar-refractivity contribution in [1.82, 2.24) is 9.80 Å². The molecule has 0 aromatic heterocycles. The van der Waals surface area contributed by atoms with Gasteiger partial charge in [0, 0.05) is 44.3 Å². The minimum absolute atomic E-state index is 0.126. The molecule has 18 heavy (non-hydrogen) atoms. The number of benzene rings is 1. The molecule has 1 aromatic carbocycles. The van der Waals surface area contributed by atoms with Crippen LogP contribution in [0.5, 0.6) is 0 Å². The summed E-state index contributed by atoms with van der Waals surface area (Å²) >= 11 is 0. The number of nitrogens with two attached hydrogens (primary N) is 1. The molecule has 1 aliphatic rings. The second-order valence-corrected chi connectivity index (χ2v) is 5.19. The van der Waals surface area contributed by atoms with Crippen molar-refractivity contribution in [2.24, 2.45) is 5.73 Å². The summed E-state index contributed by atoms with van der Waals surface area (Å²) in [4.78, 5) is 4.65. The Labute approximate surface area is 108 Å². The van der Waals surface area contributed by atoms with Crippen molar-refractivity contribution in [3.63, 3.8) is 0 Å². The average Bonchev–Trinajstić information content (AvgIpc) is 2.36. The molecule has 1 aliphatic heterocycles. The van der Waals surface area contributed by atoms with E-state index in [0.717, 1.165) is 30.8 Å². The van der Waals surface area contributed by atoms with E-state index in [0.29, 0.717) is 19.1 Å². The lowest BCUT2D eigenvalue weighted by Gasteiger charge is -2.37. The average molecular weight is 251 g/mol. The molecule has 0 radical (unpaired) electrons. The lowest BCUT2D eigenvalue weighted by atomic mass is 10.1. The number of hydrogen-bond donors (Lipinski definition) is 1. The number of rotatable bonds is 3. The molecule has 0 amide bonds. The second-order valence-electron chi connectivity index (χ2n) is 5.19. The Morgan fingerprint density at radius 1 is 1.39 bits per heavy atom. The van der Waals surface area contributed by atoms with Crippen molar-refractivity contribution in [3.8, 4) is 0 Å². The lowest BCUT2D eigenvalue weighted by Crippen LogP contribution is -2.49. The Balaban J connectivity index is 2.05. The van der Waals surface area contributed by atoms with Gasteiger partial charge in [0.15, 0.2) is 0 Å². The van der Waals surface area contributed by atoms with Crippen molar-refractivity contribution in [3.05, 3.63) is 35.1 Å². The second kappa shape index (κ2) is 5.78. The van der Waals surface area contributed by atoms with Gasteiger partial charge in [0.1, 0.15) is 5.82 Å². The maximum absolute atomic E-state index is 13.8. The van der Waals surface area contributed by atoms with E-state index in [-0.39, 0.29) is 5.82 Å². The Kier molecular flexibility index (Phi) is 4.32. The molecule has 0 spiro atoms. The molecule has 0 saturated carbocycles. The van der Waals surface area contributed by atoms with Gasteiger partial charge in [-0.3, -0.25) is 4.90 Å². The van der Waals surface area contributed by atoms with Gasteiger partial charge in [-0.1, -0.05) is 12.1 Å². The van der Waals surface area contributed by atoms with E-state index in [1.807, 2.05) is 6.07 Å². The number of hydrogen-bond acceptors (Lipinski definition) is 3. The van der Waals surface area contributed by atoms with Crippen LogP contribution in [0.2, 0.25) is 0 Å². The summed E-state index contributed by atoms with van der Waals surface area (Å²) in [7, 11) is 2.14. The van der Waals surface area contributed by atoms with Gasteiger partial charge < -0.3 is 10.6 Å². The summed E-state index contributed by atoms with van der Waals surface area (Å²) in [5, 5.41) is 0. The summed E-state index contributed by atoms with van der Waals surface area (Å²) < 4.78 is 13.8. The molecule has 0 aliphatic carbocycles. The van der Waals surface area contributed by atoms with E-state index in [2.05, 4.69) is 23.8 Å². The fraction of sp³-hybridized carbons (Fsp3) is 0.571. The van der Waals surface area contributed by atoms with E-state index < -0.39 is 0 Å². The molecular formula is C14H22FN3. The Morgan fingerprint density at radius 3 is 2.83 bits per heavy atom. The Bertz CT molecular complexity index is 408. The molecular weight excluding hydrogens is 229 g/mol. The van der Waals surface area contributed by atoms with Gasteiger partial charge in [0.2, 0.25) is 0 Å². The van der Waals surface area contributed by atoms with Gasteiger partial charge in [-0.15, -0.1) is 0 Å². The summed E-state index contributed by atoms with van der Waals surface area (Å²) in [6, 6.07) is 5.69. The predicted octanol–water partition coefficient (Wildman–Crippen LogP) is 1.42. The first kappa shape index (κ1) is 13.5. The molecule has 1 unspecified atom stereocenters. The van der Waals surface area contributed by atoms with Crippen molar-refractivity contribution >= 4 is 0 Å². The highest BCUT2D eigenvalue weighted by molar-refractivity contribution is 5.25. The van der Waals surface area contributed by atoms with Crippen molar-refractivity contribution in [2.45, 2.75) is 26.1 Å². The zero-order valence-corrected chi connectivity index (χ0v) is 11.2. The van der Waals surface area contributed by atoms with Crippen LogP contribution in [0.1, 0.15) is 18.1 Å². The van der Waals surface area contributed by atoms with Crippen LogP contribution in [0.15, 0.2) is 18.2 Å². The SMILES string of the molecule is CC1CN(Cc2cc(CN)ccc2F)CCN1C. The largest absolute Gasteiger partial charge is 0.326 e. The first-order valence-corrected chi connectivity index (χ1v) is 6.50. The monoisotopic (exact) mass is 251 g/mol. The van der Waals surface area contributed by atoms with Crippen molar-refractivity contribution < 1.29 is 4.39 Å². The first-order valence-electron chi connectivity index (χ1n) is 6.50. The molecule has 1 atom stereocenters. The summed E-state index contributed by atoms with van der Waals surface area (Å²) in [5.41, 5.74) is 7.35. The van der Waals surface area contributed by atoms with Gasteiger partial charge in [0.05, 0.1) is 0 Å². The van der Waals surface area contributed by atoms with Crippen LogP contribution in [0, 0.1) is 5.82 Å². The highest BCUT2D eigenvalue weighted by Gasteiger charge is 2.21. The molecule has 1 saturated heterocycles. The summed E-state index contributed by atoms with van der Waals surface area (Å²) in [6.45, 7) is 6.37. The van der Waals surface area contributed by atoms with Gasteiger partial charge >= 0.3 is 0 Å². The van der Waals surface area contributed by atoms with E-state index in [1.54, 1.807) is 6.07 Å². The van der Waals surface area contributed by atoms with Crippen molar-refractivity contribution in [2.75, 3.05) is 26.7 Å². The normalized spacial score (nSPS) is 22.3. The molecule has 3 nitrogen and oxygen atoms in total. The molecule has 1 heterocycles. The molecule has 1 aromatic rings. The van der Waals surface area contributed by atoms with Gasteiger partial charge in [-0.25, -0.2) is 4.39 Å². The van der Waals surface area contributed by atoms with Crippen LogP contribution in [-0.2, 0) is 13.1 Å². The molecule has 2 N–H and O–H groups in total. The minimum atomic E-state index is -0.126. The van der Waals surface area contributed by atoms with Crippen LogP contribution in [-0.4, -0.2) is 42.5 Å². The zero-order chi connectivity index (χ0) is 13.1. The topological polar surface area (TPSA) is 32.5 Å². The fourth-order valence-electron chi connectivity index (χ4n) is 2.38.